The largest absolute Gasteiger partial charge is 0.328 e. The highest BCUT2D eigenvalue weighted by molar-refractivity contribution is 5.94. The number of carbonyl (C=O) groups is 1. The van der Waals surface area contributed by atoms with Crippen LogP contribution in [0.15, 0.2) is 66.7 Å². The van der Waals surface area contributed by atoms with Crippen molar-refractivity contribution in [1.29, 1.82) is 0 Å². The smallest absolute Gasteiger partial charge is 0.272 e. The maximum atomic E-state index is 12.8. The number of hydrogen-bond acceptors (Lipinski definition) is 2. The Morgan fingerprint density at radius 1 is 0.920 bits per heavy atom. The summed E-state index contributed by atoms with van der Waals surface area (Å²) >= 11 is 0. The lowest BCUT2D eigenvalue weighted by Crippen LogP contribution is -3.13. The zero-order chi connectivity index (χ0) is 17.1. The number of rotatable bonds is 3. The van der Waals surface area contributed by atoms with Gasteiger partial charge in [0.15, 0.2) is 0 Å². The molecule has 2 heterocycles. The first-order valence-electron chi connectivity index (χ1n) is 8.82. The molecular formula is C21H22N3O+. The number of benzene rings is 2. The van der Waals surface area contributed by atoms with Crippen LogP contribution in [0.2, 0.25) is 0 Å². The Morgan fingerprint density at radius 2 is 1.64 bits per heavy atom. The van der Waals surface area contributed by atoms with E-state index in [1.807, 2.05) is 47.4 Å². The SMILES string of the molecule is O=C(c1ccc2ccccc2n1)N1CC[NH+](Cc2ccccc2)CC1. The average molecular weight is 332 g/mol. The minimum atomic E-state index is 0.0458. The summed E-state index contributed by atoms with van der Waals surface area (Å²) in [6.45, 7) is 4.56. The van der Waals surface area contributed by atoms with Crippen molar-refractivity contribution in [2.75, 3.05) is 26.2 Å². The Labute approximate surface area is 147 Å². The lowest BCUT2D eigenvalue weighted by Gasteiger charge is -2.32. The summed E-state index contributed by atoms with van der Waals surface area (Å²) in [6, 6.07) is 22.3. The van der Waals surface area contributed by atoms with Gasteiger partial charge in [-0.15, -0.1) is 0 Å². The second-order valence-electron chi connectivity index (χ2n) is 6.59. The molecule has 0 bridgehead atoms. The number of nitrogens with one attached hydrogen (secondary N) is 1. The minimum absolute atomic E-state index is 0.0458. The van der Waals surface area contributed by atoms with Gasteiger partial charge < -0.3 is 9.80 Å². The number of nitrogens with zero attached hydrogens (tertiary/aromatic N) is 2. The average Bonchev–Trinajstić information content (AvgIpc) is 2.68. The number of carbonyl (C=O) groups excluding carboxylic acids is 1. The summed E-state index contributed by atoms with van der Waals surface area (Å²) in [4.78, 5) is 20.8. The van der Waals surface area contributed by atoms with Gasteiger partial charge in [0, 0.05) is 10.9 Å². The third-order valence-electron chi connectivity index (χ3n) is 4.87. The molecule has 1 aliphatic rings. The van der Waals surface area contributed by atoms with Gasteiger partial charge in [0.2, 0.25) is 0 Å². The van der Waals surface area contributed by atoms with Crippen molar-refractivity contribution >= 4 is 16.8 Å². The van der Waals surface area contributed by atoms with Gasteiger partial charge in [-0.05, 0) is 12.1 Å². The highest BCUT2D eigenvalue weighted by atomic mass is 16.2. The van der Waals surface area contributed by atoms with Gasteiger partial charge in [-0.2, -0.15) is 0 Å². The molecule has 4 nitrogen and oxygen atoms in total. The van der Waals surface area contributed by atoms with Crippen molar-refractivity contribution in [1.82, 2.24) is 9.88 Å². The number of pyridine rings is 1. The molecular weight excluding hydrogens is 310 g/mol. The predicted octanol–water partition coefficient (Wildman–Crippen LogP) is 1.78. The first-order chi connectivity index (χ1) is 12.3. The summed E-state index contributed by atoms with van der Waals surface area (Å²) in [6.07, 6.45) is 0. The summed E-state index contributed by atoms with van der Waals surface area (Å²) in [5.74, 6) is 0.0458. The molecule has 126 valence electrons. The molecule has 0 radical (unpaired) electrons. The predicted molar refractivity (Wildman–Crippen MR) is 98.5 cm³/mol. The maximum Gasteiger partial charge on any atom is 0.272 e. The number of amides is 1. The van der Waals surface area contributed by atoms with E-state index in [0.717, 1.165) is 43.6 Å². The Balaban J connectivity index is 1.40. The fourth-order valence-electron chi connectivity index (χ4n) is 3.43. The molecule has 0 spiro atoms. The van der Waals surface area contributed by atoms with E-state index in [-0.39, 0.29) is 5.91 Å². The van der Waals surface area contributed by atoms with E-state index in [4.69, 9.17) is 0 Å². The molecule has 0 unspecified atom stereocenters. The molecule has 1 amide bonds. The molecule has 1 aliphatic heterocycles. The van der Waals surface area contributed by atoms with Crippen LogP contribution in [-0.2, 0) is 6.54 Å². The molecule has 0 aliphatic carbocycles. The van der Waals surface area contributed by atoms with Crippen molar-refractivity contribution in [2.45, 2.75) is 6.54 Å². The number of aromatic nitrogens is 1. The van der Waals surface area contributed by atoms with Crippen LogP contribution in [0.4, 0.5) is 0 Å². The number of para-hydroxylation sites is 1. The molecule has 1 fully saturated rings. The molecule has 0 saturated carbocycles. The van der Waals surface area contributed by atoms with Gasteiger partial charge >= 0.3 is 0 Å². The van der Waals surface area contributed by atoms with Crippen molar-refractivity contribution in [3.8, 4) is 0 Å². The monoisotopic (exact) mass is 332 g/mol. The standard InChI is InChI=1S/C21H21N3O/c25-21(20-11-10-18-8-4-5-9-19(18)22-20)24-14-12-23(13-15-24)16-17-6-2-1-3-7-17/h1-11H,12-16H2/p+1. The first-order valence-corrected chi connectivity index (χ1v) is 8.82. The normalized spacial score (nSPS) is 15.4. The first kappa shape index (κ1) is 15.8. The fraction of sp³-hybridized carbons (Fsp3) is 0.238. The third-order valence-corrected chi connectivity index (χ3v) is 4.87. The summed E-state index contributed by atoms with van der Waals surface area (Å²) in [7, 11) is 0. The molecule has 3 aromatic rings. The van der Waals surface area contributed by atoms with E-state index in [2.05, 4.69) is 29.2 Å². The van der Waals surface area contributed by atoms with Crippen LogP contribution in [0.1, 0.15) is 16.1 Å². The van der Waals surface area contributed by atoms with E-state index in [1.54, 1.807) is 0 Å². The van der Waals surface area contributed by atoms with Crippen LogP contribution in [-0.4, -0.2) is 42.0 Å². The van der Waals surface area contributed by atoms with E-state index in [1.165, 1.54) is 10.5 Å². The van der Waals surface area contributed by atoms with Crippen LogP contribution in [0.25, 0.3) is 10.9 Å². The topological polar surface area (TPSA) is 37.6 Å². The Hall–Kier alpha value is -2.72. The molecule has 4 rings (SSSR count). The second-order valence-corrected chi connectivity index (χ2v) is 6.59. The van der Waals surface area contributed by atoms with E-state index in [9.17, 15) is 4.79 Å². The Bertz CT molecular complexity index is 870. The number of piperazine rings is 1. The number of quaternary nitrogens is 1. The van der Waals surface area contributed by atoms with Gasteiger partial charge in [-0.1, -0.05) is 54.6 Å². The number of fused-ring (bicyclic) bond motifs is 1. The summed E-state index contributed by atoms with van der Waals surface area (Å²) in [5.41, 5.74) is 2.78. The Kier molecular flexibility index (Phi) is 4.44. The molecule has 1 saturated heterocycles. The van der Waals surface area contributed by atoms with Crippen LogP contribution in [0.3, 0.4) is 0 Å². The van der Waals surface area contributed by atoms with Gasteiger partial charge in [-0.3, -0.25) is 4.79 Å². The third kappa shape index (κ3) is 3.54. The van der Waals surface area contributed by atoms with E-state index >= 15 is 0 Å². The molecule has 2 aromatic carbocycles. The van der Waals surface area contributed by atoms with Crippen molar-refractivity contribution < 1.29 is 9.69 Å². The van der Waals surface area contributed by atoms with Crippen molar-refractivity contribution in [2.24, 2.45) is 0 Å². The van der Waals surface area contributed by atoms with Gasteiger partial charge in [0.05, 0.1) is 31.7 Å². The molecule has 4 heteroatoms. The summed E-state index contributed by atoms with van der Waals surface area (Å²) < 4.78 is 0. The maximum absolute atomic E-state index is 12.8. The van der Waals surface area contributed by atoms with Crippen molar-refractivity contribution in [3.63, 3.8) is 0 Å². The van der Waals surface area contributed by atoms with Crippen LogP contribution >= 0.6 is 0 Å². The van der Waals surface area contributed by atoms with Gasteiger partial charge in [-0.25, -0.2) is 4.98 Å². The highest BCUT2D eigenvalue weighted by Gasteiger charge is 2.25. The molecule has 0 atom stereocenters. The minimum Gasteiger partial charge on any atom is -0.328 e. The van der Waals surface area contributed by atoms with Crippen molar-refractivity contribution in [3.05, 3.63) is 78.0 Å². The zero-order valence-electron chi connectivity index (χ0n) is 14.2. The quantitative estimate of drug-likeness (QED) is 0.794. The zero-order valence-corrected chi connectivity index (χ0v) is 14.2. The van der Waals surface area contributed by atoms with Crippen LogP contribution in [0.5, 0.6) is 0 Å². The number of hydrogen-bond donors (Lipinski definition) is 1. The Morgan fingerprint density at radius 3 is 2.44 bits per heavy atom. The van der Waals surface area contributed by atoms with Gasteiger partial charge in [0.25, 0.3) is 5.91 Å². The van der Waals surface area contributed by atoms with Gasteiger partial charge in [0.1, 0.15) is 12.2 Å². The second kappa shape index (κ2) is 7.03. The molecule has 1 aromatic heterocycles. The fourth-order valence-corrected chi connectivity index (χ4v) is 3.43. The lowest BCUT2D eigenvalue weighted by molar-refractivity contribution is -0.917. The lowest BCUT2D eigenvalue weighted by atomic mass is 10.1. The highest BCUT2D eigenvalue weighted by Crippen LogP contribution is 2.13. The van der Waals surface area contributed by atoms with E-state index < -0.39 is 0 Å². The van der Waals surface area contributed by atoms with Crippen LogP contribution in [0, 0.1) is 0 Å². The molecule has 25 heavy (non-hydrogen) atoms. The molecule has 1 N–H and O–H groups in total. The van der Waals surface area contributed by atoms with E-state index in [0.29, 0.717) is 5.69 Å². The summed E-state index contributed by atoms with van der Waals surface area (Å²) in [5, 5.41) is 1.07. The van der Waals surface area contributed by atoms with Crippen LogP contribution < -0.4 is 4.90 Å².